The molecule has 0 saturated carbocycles. The Bertz CT molecular complexity index is 1150. The number of phenols is 2. The van der Waals surface area contributed by atoms with Gasteiger partial charge in [0.1, 0.15) is 11.5 Å². The topological polar surface area (TPSA) is 65.2 Å². The third-order valence-corrected chi connectivity index (χ3v) is 7.89. The second-order valence-corrected chi connectivity index (χ2v) is 11.5. The number of unbranched alkanes of at least 4 members (excludes halogenated alkanes) is 12. The molecule has 0 radical (unpaired) electrons. The van der Waals surface area contributed by atoms with Crippen molar-refractivity contribution in [2.45, 2.75) is 117 Å². The maximum absolute atomic E-state index is 10.5. The Kier molecular flexibility index (Phi) is 15.5. The number of hydrogen-bond donors (Lipinski definition) is 2. The highest BCUT2D eigenvalue weighted by Gasteiger charge is 2.05. The normalized spacial score (nSPS) is 11.7. The largest absolute Gasteiger partial charge is 0.507 e. The summed E-state index contributed by atoms with van der Waals surface area (Å²) in [6.45, 7) is 4.50. The Hall–Kier alpha value is -3.40. The maximum Gasteiger partial charge on any atom is 0.124 e. The lowest BCUT2D eigenvalue weighted by Crippen LogP contribution is -1.91. The molecule has 0 unspecified atom stereocenters. The highest BCUT2D eigenvalue weighted by atomic mass is 16.3. The minimum Gasteiger partial charge on any atom is -0.507 e. The maximum atomic E-state index is 10.5. The SMILES string of the molecule is CCCCCCCCCc1ccc(O)c(C=Nc2ccccc2N=Cc2cc(CCCCCCCCC)ccc2O)c1. The number of phenolic OH excluding ortho intramolecular Hbond substituents is 2. The standard InChI is InChI=1S/C38H52N2O2/c1-3-5-7-9-11-13-15-19-31-23-25-37(41)33(27-31)29-39-35-21-17-18-22-36(35)40-30-34-28-32(24-26-38(34)42)20-16-14-12-10-8-6-4-2/h17-18,21-30,41-42H,3-16,19-20H2,1-2H3. The molecule has 226 valence electrons. The zero-order valence-electron chi connectivity index (χ0n) is 26.0. The van der Waals surface area contributed by atoms with E-state index in [1.165, 1.54) is 88.2 Å². The highest BCUT2D eigenvalue weighted by Crippen LogP contribution is 2.29. The van der Waals surface area contributed by atoms with Crippen molar-refractivity contribution < 1.29 is 10.2 Å². The number of aromatic hydroxyl groups is 2. The molecule has 0 spiro atoms. The van der Waals surface area contributed by atoms with Crippen molar-refractivity contribution in [3.05, 3.63) is 82.9 Å². The predicted octanol–water partition coefficient (Wildman–Crippen LogP) is 11.2. The van der Waals surface area contributed by atoms with Gasteiger partial charge in [0.25, 0.3) is 0 Å². The van der Waals surface area contributed by atoms with Crippen LogP contribution in [0.5, 0.6) is 11.5 Å². The first-order valence-electron chi connectivity index (χ1n) is 16.4. The molecule has 3 rings (SSSR count). The van der Waals surface area contributed by atoms with E-state index < -0.39 is 0 Å². The molecule has 0 aliphatic carbocycles. The Morgan fingerprint density at radius 1 is 0.500 bits per heavy atom. The van der Waals surface area contributed by atoms with Gasteiger partial charge in [0, 0.05) is 23.6 Å². The number of para-hydroxylation sites is 2. The first-order valence-corrected chi connectivity index (χ1v) is 16.4. The summed E-state index contributed by atoms with van der Waals surface area (Å²) in [6.07, 6.45) is 23.5. The van der Waals surface area contributed by atoms with Gasteiger partial charge < -0.3 is 10.2 Å². The third-order valence-electron chi connectivity index (χ3n) is 7.89. The predicted molar refractivity (Wildman–Crippen MR) is 181 cm³/mol. The van der Waals surface area contributed by atoms with Gasteiger partial charge in [0.15, 0.2) is 0 Å². The number of benzene rings is 3. The third kappa shape index (κ3) is 12.2. The summed E-state index contributed by atoms with van der Waals surface area (Å²) in [6, 6.07) is 19.3. The van der Waals surface area contributed by atoms with Gasteiger partial charge >= 0.3 is 0 Å². The van der Waals surface area contributed by atoms with E-state index in [4.69, 9.17) is 0 Å². The molecule has 4 heteroatoms. The van der Waals surface area contributed by atoms with E-state index in [-0.39, 0.29) is 11.5 Å². The lowest BCUT2D eigenvalue weighted by molar-refractivity contribution is 0.473. The molecule has 0 amide bonds. The molecule has 42 heavy (non-hydrogen) atoms. The minimum atomic E-state index is 0.228. The number of aryl methyl sites for hydroxylation is 2. The summed E-state index contributed by atoms with van der Waals surface area (Å²) in [5.74, 6) is 0.455. The van der Waals surface area contributed by atoms with E-state index >= 15 is 0 Å². The van der Waals surface area contributed by atoms with Crippen molar-refractivity contribution in [3.8, 4) is 11.5 Å². The van der Waals surface area contributed by atoms with Crippen LogP contribution in [0.2, 0.25) is 0 Å². The Morgan fingerprint density at radius 3 is 1.29 bits per heavy atom. The summed E-state index contributed by atoms with van der Waals surface area (Å²) in [5, 5.41) is 20.9. The van der Waals surface area contributed by atoms with Gasteiger partial charge in [-0.1, -0.05) is 115 Å². The van der Waals surface area contributed by atoms with Gasteiger partial charge in [-0.2, -0.15) is 0 Å². The molecule has 0 saturated heterocycles. The fourth-order valence-corrected chi connectivity index (χ4v) is 5.26. The monoisotopic (exact) mass is 568 g/mol. The van der Waals surface area contributed by atoms with Crippen LogP contribution in [0.15, 0.2) is 70.6 Å². The molecule has 3 aromatic carbocycles. The van der Waals surface area contributed by atoms with E-state index in [1.807, 2.05) is 48.5 Å². The number of nitrogens with zero attached hydrogens (tertiary/aromatic N) is 2. The van der Waals surface area contributed by atoms with Gasteiger partial charge in [-0.05, 0) is 73.2 Å². The van der Waals surface area contributed by atoms with E-state index in [2.05, 4.69) is 23.8 Å². The summed E-state index contributed by atoms with van der Waals surface area (Å²) in [5.41, 5.74) is 5.30. The summed E-state index contributed by atoms with van der Waals surface area (Å²) in [7, 11) is 0. The number of hydrogen-bond acceptors (Lipinski definition) is 4. The van der Waals surface area contributed by atoms with Gasteiger partial charge in [-0.15, -0.1) is 0 Å². The summed E-state index contributed by atoms with van der Waals surface area (Å²) < 4.78 is 0. The van der Waals surface area contributed by atoms with Crippen molar-refractivity contribution in [1.29, 1.82) is 0 Å². The molecule has 0 fully saturated rings. The fraction of sp³-hybridized carbons (Fsp3) is 0.474. The van der Waals surface area contributed by atoms with Gasteiger partial charge in [0.05, 0.1) is 11.4 Å². The second-order valence-electron chi connectivity index (χ2n) is 11.5. The van der Waals surface area contributed by atoms with Gasteiger partial charge in [0.2, 0.25) is 0 Å². The van der Waals surface area contributed by atoms with Crippen LogP contribution in [-0.4, -0.2) is 22.6 Å². The first-order chi connectivity index (χ1) is 20.6. The van der Waals surface area contributed by atoms with Crippen LogP contribution >= 0.6 is 0 Å². The van der Waals surface area contributed by atoms with Crippen LogP contribution in [0.1, 0.15) is 126 Å². The molecule has 3 aromatic rings. The van der Waals surface area contributed by atoms with Crippen LogP contribution in [0.3, 0.4) is 0 Å². The Morgan fingerprint density at radius 2 is 0.881 bits per heavy atom. The number of aliphatic imine (C=N–C) groups is 2. The smallest absolute Gasteiger partial charge is 0.124 e. The average molecular weight is 569 g/mol. The number of rotatable bonds is 20. The van der Waals surface area contributed by atoms with E-state index in [0.29, 0.717) is 22.5 Å². The summed E-state index contributed by atoms with van der Waals surface area (Å²) in [4.78, 5) is 9.37. The molecule has 0 aliphatic heterocycles. The van der Waals surface area contributed by atoms with Crippen LogP contribution in [0.25, 0.3) is 0 Å². The Labute approximate surface area is 254 Å². The van der Waals surface area contributed by atoms with Crippen LogP contribution < -0.4 is 0 Å². The highest BCUT2D eigenvalue weighted by molar-refractivity contribution is 5.89. The lowest BCUT2D eigenvalue weighted by Gasteiger charge is -2.06. The fourth-order valence-electron chi connectivity index (χ4n) is 5.26. The van der Waals surface area contributed by atoms with Crippen molar-refractivity contribution in [1.82, 2.24) is 0 Å². The minimum absolute atomic E-state index is 0.228. The van der Waals surface area contributed by atoms with Crippen molar-refractivity contribution in [3.63, 3.8) is 0 Å². The molecule has 0 bridgehead atoms. The van der Waals surface area contributed by atoms with Crippen LogP contribution in [-0.2, 0) is 12.8 Å². The molecule has 0 atom stereocenters. The molecular weight excluding hydrogens is 516 g/mol. The molecule has 0 aromatic heterocycles. The quantitative estimate of drug-likeness (QED) is 0.105. The average Bonchev–Trinajstić information content (AvgIpc) is 3.00. The van der Waals surface area contributed by atoms with E-state index in [1.54, 1.807) is 24.6 Å². The van der Waals surface area contributed by atoms with Crippen LogP contribution in [0.4, 0.5) is 11.4 Å². The van der Waals surface area contributed by atoms with Gasteiger partial charge in [-0.3, -0.25) is 9.98 Å². The van der Waals surface area contributed by atoms with Crippen molar-refractivity contribution in [2.24, 2.45) is 9.98 Å². The van der Waals surface area contributed by atoms with E-state index in [9.17, 15) is 10.2 Å². The van der Waals surface area contributed by atoms with Crippen molar-refractivity contribution >= 4 is 23.8 Å². The molecule has 0 aliphatic rings. The second kappa shape index (κ2) is 19.7. The van der Waals surface area contributed by atoms with Gasteiger partial charge in [-0.25, -0.2) is 0 Å². The molecule has 2 N–H and O–H groups in total. The zero-order chi connectivity index (χ0) is 29.8. The zero-order valence-corrected chi connectivity index (χ0v) is 26.0. The Balaban J connectivity index is 1.60. The lowest BCUT2D eigenvalue weighted by atomic mass is 10.0. The molecular formula is C38H52N2O2. The van der Waals surface area contributed by atoms with Crippen LogP contribution in [0, 0.1) is 0 Å². The molecule has 0 heterocycles. The van der Waals surface area contributed by atoms with Crippen molar-refractivity contribution in [2.75, 3.05) is 0 Å². The molecule has 4 nitrogen and oxygen atoms in total. The first kappa shape index (κ1) is 33.1. The summed E-state index contributed by atoms with van der Waals surface area (Å²) >= 11 is 0. The van der Waals surface area contributed by atoms with E-state index in [0.717, 1.165) is 25.7 Å².